The van der Waals surface area contributed by atoms with Gasteiger partial charge in [-0.1, -0.05) is 13.8 Å². The summed E-state index contributed by atoms with van der Waals surface area (Å²) in [6.45, 7) is 4.86. The van der Waals surface area contributed by atoms with Crippen LogP contribution in [0.15, 0.2) is 22.4 Å². The van der Waals surface area contributed by atoms with Gasteiger partial charge in [0.05, 0.1) is 5.69 Å². The van der Waals surface area contributed by atoms with Crippen LogP contribution in [0.4, 0.5) is 0 Å². The number of nitrogens with one attached hydrogen (secondary N) is 1. The number of ether oxygens (including phenoxy) is 1. The summed E-state index contributed by atoms with van der Waals surface area (Å²) >= 11 is 1.32. The number of carbonyl (C=O) groups is 2. The molecule has 0 radical (unpaired) electrons. The van der Waals surface area contributed by atoms with Crippen LogP contribution in [-0.4, -0.2) is 27.3 Å². The molecule has 2 rings (SSSR count). The van der Waals surface area contributed by atoms with Crippen LogP contribution in [0, 0.1) is 5.92 Å². The highest BCUT2D eigenvalue weighted by Crippen LogP contribution is 2.09. The maximum Gasteiger partial charge on any atom is 0.329 e. The third-order valence-electron chi connectivity index (χ3n) is 3.00. The molecule has 2 aromatic heterocycles. The number of hydrogen-bond acceptors (Lipinski definition) is 6. The fourth-order valence-corrected chi connectivity index (χ4v) is 2.65. The van der Waals surface area contributed by atoms with E-state index in [4.69, 9.17) is 4.74 Å². The molecule has 2 heterocycles. The van der Waals surface area contributed by atoms with Crippen molar-refractivity contribution >= 4 is 28.2 Å². The Morgan fingerprint density at radius 3 is 2.82 bits per heavy atom. The van der Waals surface area contributed by atoms with E-state index < -0.39 is 12.0 Å². The maximum absolute atomic E-state index is 12.0. The van der Waals surface area contributed by atoms with Gasteiger partial charge in [0.15, 0.2) is 4.96 Å². The molecule has 118 valence electrons. The van der Waals surface area contributed by atoms with Crippen molar-refractivity contribution in [2.24, 2.45) is 5.92 Å². The Kier molecular flexibility index (Phi) is 4.92. The van der Waals surface area contributed by atoms with E-state index in [-0.39, 0.29) is 24.0 Å². The number of fused-ring (bicyclic) bond motifs is 1. The van der Waals surface area contributed by atoms with E-state index in [9.17, 15) is 14.4 Å². The minimum atomic E-state index is -0.718. The lowest BCUT2D eigenvalue weighted by atomic mass is 10.0. The van der Waals surface area contributed by atoms with Gasteiger partial charge < -0.3 is 10.1 Å². The maximum atomic E-state index is 12.0. The summed E-state index contributed by atoms with van der Waals surface area (Å²) in [7, 11) is 0. The van der Waals surface area contributed by atoms with Crippen molar-refractivity contribution in [1.29, 1.82) is 0 Å². The second-order valence-corrected chi connectivity index (χ2v) is 6.04. The number of nitrogens with zero attached hydrogens (tertiary/aromatic N) is 2. The van der Waals surface area contributed by atoms with Gasteiger partial charge in [0.1, 0.15) is 12.6 Å². The molecule has 0 aliphatic carbocycles. The molecule has 0 unspecified atom stereocenters. The lowest BCUT2D eigenvalue weighted by Crippen LogP contribution is -2.44. The third-order valence-corrected chi connectivity index (χ3v) is 3.75. The van der Waals surface area contributed by atoms with Gasteiger partial charge in [-0.25, -0.2) is 9.78 Å². The smallest absolute Gasteiger partial charge is 0.329 e. The Morgan fingerprint density at radius 2 is 2.18 bits per heavy atom. The highest BCUT2D eigenvalue weighted by molar-refractivity contribution is 7.15. The number of esters is 1. The molecule has 1 atom stereocenters. The molecule has 0 aliphatic heterocycles. The van der Waals surface area contributed by atoms with Gasteiger partial charge in [-0.05, 0) is 5.92 Å². The number of amides is 1. The van der Waals surface area contributed by atoms with Crippen molar-refractivity contribution in [3.63, 3.8) is 0 Å². The van der Waals surface area contributed by atoms with Crippen LogP contribution in [0.1, 0.15) is 26.5 Å². The van der Waals surface area contributed by atoms with E-state index in [0.717, 1.165) is 0 Å². The molecule has 0 bridgehead atoms. The van der Waals surface area contributed by atoms with Crippen molar-refractivity contribution in [2.75, 3.05) is 0 Å². The zero-order chi connectivity index (χ0) is 16.3. The standard InChI is InChI=1S/C14H17N3O4S/c1-8(2)12(15-9(3)18)13(20)21-7-10-6-11(19)17-4-5-22-14(17)16-10/h4-6,8,12H,7H2,1-3H3,(H,15,18)/t12-/m1/s1. The van der Waals surface area contributed by atoms with Crippen LogP contribution in [-0.2, 0) is 20.9 Å². The quantitative estimate of drug-likeness (QED) is 0.828. The summed E-state index contributed by atoms with van der Waals surface area (Å²) in [4.78, 5) is 39.8. The minimum absolute atomic E-state index is 0.102. The molecule has 0 saturated heterocycles. The van der Waals surface area contributed by atoms with E-state index in [0.29, 0.717) is 10.7 Å². The number of aromatic nitrogens is 2. The van der Waals surface area contributed by atoms with Gasteiger partial charge in [0, 0.05) is 24.6 Å². The van der Waals surface area contributed by atoms with Gasteiger partial charge in [-0.3, -0.25) is 14.0 Å². The Hall–Kier alpha value is -2.22. The molecular formula is C14H17N3O4S. The first-order chi connectivity index (χ1) is 10.4. The number of carbonyl (C=O) groups excluding carboxylic acids is 2. The molecule has 7 nitrogen and oxygen atoms in total. The molecule has 0 fully saturated rings. The van der Waals surface area contributed by atoms with E-state index in [1.54, 1.807) is 11.6 Å². The summed E-state index contributed by atoms with van der Waals surface area (Å²) in [6.07, 6.45) is 1.64. The predicted octanol–water partition coefficient (Wildman–Crippen LogP) is 0.960. The van der Waals surface area contributed by atoms with Gasteiger partial charge in [0.2, 0.25) is 5.91 Å². The summed E-state index contributed by atoms with van der Waals surface area (Å²) in [5.74, 6) is -0.944. The van der Waals surface area contributed by atoms with Crippen LogP contribution in [0.2, 0.25) is 0 Å². The summed E-state index contributed by atoms with van der Waals surface area (Å²) in [6, 6.07) is 0.611. The molecule has 22 heavy (non-hydrogen) atoms. The average Bonchev–Trinajstić information content (AvgIpc) is 2.90. The third kappa shape index (κ3) is 3.70. The molecule has 0 aliphatic rings. The molecular weight excluding hydrogens is 306 g/mol. The van der Waals surface area contributed by atoms with Crippen LogP contribution in [0.25, 0.3) is 4.96 Å². The Bertz CT molecular complexity index is 750. The van der Waals surface area contributed by atoms with Crippen molar-refractivity contribution in [3.8, 4) is 0 Å². The second kappa shape index (κ2) is 6.69. The summed E-state index contributed by atoms with van der Waals surface area (Å²) < 4.78 is 6.59. The molecule has 0 saturated carbocycles. The van der Waals surface area contributed by atoms with Crippen molar-refractivity contribution in [2.45, 2.75) is 33.4 Å². The zero-order valence-corrected chi connectivity index (χ0v) is 13.3. The molecule has 2 aromatic rings. The van der Waals surface area contributed by atoms with E-state index in [1.165, 1.54) is 28.7 Å². The lowest BCUT2D eigenvalue weighted by Gasteiger charge is -2.19. The minimum Gasteiger partial charge on any atom is -0.458 e. The molecule has 0 aromatic carbocycles. The number of rotatable bonds is 5. The van der Waals surface area contributed by atoms with E-state index >= 15 is 0 Å². The van der Waals surface area contributed by atoms with Gasteiger partial charge in [0.25, 0.3) is 5.56 Å². The van der Waals surface area contributed by atoms with Crippen LogP contribution in [0.5, 0.6) is 0 Å². The largest absolute Gasteiger partial charge is 0.458 e. The first-order valence-electron chi connectivity index (χ1n) is 6.78. The van der Waals surface area contributed by atoms with Crippen LogP contribution >= 0.6 is 11.3 Å². The molecule has 1 amide bonds. The second-order valence-electron chi connectivity index (χ2n) is 5.17. The monoisotopic (exact) mass is 323 g/mol. The van der Waals surface area contributed by atoms with E-state index in [2.05, 4.69) is 10.3 Å². The molecule has 1 N–H and O–H groups in total. The Balaban J connectivity index is 2.08. The first kappa shape index (κ1) is 16.2. The van der Waals surface area contributed by atoms with Crippen molar-refractivity contribution in [3.05, 3.63) is 33.7 Å². The highest BCUT2D eigenvalue weighted by atomic mass is 32.1. The predicted molar refractivity (Wildman–Crippen MR) is 81.6 cm³/mol. The normalized spacial score (nSPS) is 12.4. The van der Waals surface area contributed by atoms with E-state index in [1.807, 2.05) is 13.8 Å². The number of hydrogen-bond donors (Lipinski definition) is 1. The van der Waals surface area contributed by atoms with Gasteiger partial charge in [-0.15, -0.1) is 11.3 Å². The average molecular weight is 323 g/mol. The van der Waals surface area contributed by atoms with Crippen molar-refractivity contribution in [1.82, 2.24) is 14.7 Å². The zero-order valence-electron chi connectivity index (χ0n) is 12.5. The van der Waals surface area contributed by atoms with Crippen molar-refractivity contribution < 1.29 is 14.3 Å². The van der Waals surface area contributed by atoms with Crippen LogP contribution < -0.4 is 10.9 Å². The number of thiazole rings is 1. The SMILES string of the molecule is CC(=O)N[C@@H](C(=O)OCc1cc(=O)n2ccsc2n1)C(C)C. The Morgan fingerprint density at radius 1 is 1.45 bits per heavy atom. The molecule has 0 spiro atoms. The fourth-order valence-electron chi connectivity index (χ4n) is 1.91. The summed E-state index contributed by atoms with van der Waals surface area (Å²) in [5, 5.41) is 4.31. The Labute approximate surface area is 130 Å². The van der Waals surface area contributed by atoms with Gasteiger partial charge in [-0.2, -0.15) is 0 Å². The lowest BCUT2D eigenvalue weighted by molar-refractivity contribution is -0.150. The fraction of sp³-hybridized carbons (Fsp3) is 0.429. The molecule has 8 heteroatoms. The topological polar surface area (TPSA) is 89.8 Å². The van der Waals surface area contributed by atoms with Gasteiger partial charge >= 0.3 is 5.97 Å². The summed E-state index contributed by atoms with van der Waals surface area (Å²) in [5.41, 5.74) is 0.158. The highest BCUT2D eigenvalue weighted by Gasteiger charge is 2.24. The van der Waals surface area contributed by atoms with Crippen LogP contribution in [0.3, 0.4) is 0 Å². The first-order valence-corrected chi connectivity index (χ1v) is 7.66.